The van der Waals surface area contributed by atoms with Gasteiger partial charge in [0, 0.05) is 17.2 Å². The SMILES string of the molecule is O=C(NCc1ccc(-c2noc(CCc3ccccc3)n2)s1)C1CC1. The first-order valence-electron chi connectivity index (χ1n) is 8.51. The monoisotopic (exact) mass is 353 g/mol. The minimum atomic E-state index is 0.165. The maximum Gasteiger partial charge on any atom is 0.227 e. The molecular formula is C19H19N3O2S. The van der Waals surface area contributed by atoms with E-state index in [1.807, 2.05) is 30.3 Å². The second kappa shape index (κ2) is 7.19. The maximum atomic E-state index is 11.7. The summed E-state index contributed by atoms with van der Waals surface area (Å²) in [6.45, 7) is 0.568. The molecule has 3 aromatic rings. The zero-order valence-electron chi connectivity index (χ0n) is 13.8. The molecule has 1 aliphatic rings. The molecule has 5 nitrogen and oxygen atoms in total. The van der Waals surface area contributed by atoms with E-state index in [2.05, 4.69) is 27.6 Å². The summed E-state index contributed by atoms with van der Waals surface area (Å²) in [6.07, 6.45) is 3.66. The van der Waals surface area contributed by atoms with Crippen molar-refractivity contribution in [2.45, 2.75) is 32.2 Å². The number of nitrogens with one attached hydrogen (secondary N) is 1. The van der Waals surface area contributed by atoms with Crippen LogP contribution in [0.2, 0.25) is 0 Å². The average molecular weight is 353 g/mol. The third-order valence-electron chi connectivity index (χ3n) is 4.21. The molecule has 0 saturated heterocycles. The summed E-state index contributed by atoms with van der Waals surface area (Å²) in [5.41, 5.74) is 1.26. The summed E-state index contributed by atoms with van der Waals surface area (Å²) in [5.74, 6) is 1.67. The Morgan fingerprint density at radius 3 is 2.80 bits per heavy atom. The van der Waals surface area contributed by atoms with E-state index in [0.29, 0.717) is 18.3 Å². The maximum absolute atomic E-state index is 11.7. The van der Waals surface area contributed by atoms with Crippen LogP contribution in [-0.2, 0) is 24.2 Å². The quantitative estimate of drug-likeness (QED) is 0.704. The van der Waals surface area contributed by atoms with Gasteiger partial charge in [-0.25, -0.2) is 0 Å². The predicted molar refractivity (Wildman–Crippen MR) is 96.0 cm³/mol. The van der Waals surface area contributed by atoms with Crippen LogP contribution in [0.5, 0.6) is 0 Å². The zero-order chi connectivity index (χ0) is 17.1. The molecule has 25 heavy (non-hydrogen) atoms. The lowest BCUT2D eigenvalue weighted by Gasteiger charge is -2.00. The van der Waals surface area contributed by atoms with E-state index >= 15 is 0 Å². The number of carbonyl (C=O) groups is 1. The lowest BCUT2D eigenvalue weighted by atomic mass is 10.1. The highest BCUT2D eigenvalue weighted by atomic mass is 32.1. The molecule has 0 atom stereocenters. The van der Waals surface area contributed by atoms with Crippen molar-refractivity contribution in [2.24, 2.45) is 5.92 Å². The molecule has 6 heteroatoms. The van der Waals surface area contributed by atoms with Crippen molar-refractivity contribution in [2.75, 3.05) is 0 Å². The molecule has 128 valence electrons. The number of nitrogens with zero attached hydrogens (tertiary/aromatic N) is 2. The molecule has 0 spiro atoms. The Morgan fingerprint density at radius 2 is 2.00 bits per heavy atom. The van der Waals surface area contributed by atoms with Gasteiger partial charge in [0.15, 0.2) is 0 Å². The van der Waals surface area contributed by atoms with E-state index < -0.39 is 0 Å². The van der Waals surface area contributed by atoms with Gasteiger partial charge < -0.3 is 9.84 Å². The third-order valence-corrected chi connectivity index (χ3v) is 5.29. The summed E-state index contributed by atoms with van der Waals surface area (Å²) >= 11 is 1.59. The minimum Gasteiger partial charge on any atom is -0.351 e. The van der Waals surface area contributed by atoms with Crippen molar-refractivity contribution < 1.29 is 9.32 Å². The second-order valence-electron chi connectivity index (χ2n) is 6.26. The summed E-state index contributed by atoms with van der Waals surface area (Å²) in [4.78, 5) is 18.2. The molecule has 0 aliphatic heterocycles. The number of carbonyl (C=O) groups excluding carboxylic acids is 1. The number of hydrogen-bond donors (Lipinski definition) is 1. The van der Waals surface area contributed by atoms with Crippen LogP contribution in [-0.4, -0.2) is 16.0 Å². The highest BCUT2D eigenvalue weighted by molar-refractivity contribution is 7.15. The summed E-state index contributed by atoms with van der Waals surface area (Å²) in [6, 6.07) is 14.3. The number of rotatable bonds is 7. The second-order valence-corrected chi connectivity index (χ2v) is 7.42. The van der Waals surface area contributed by atoms with E-state index in [0.717, 1.165) is 35.4 Å². The fourth-order valence-corrected chi connectivity index (χ4v) is 3.48. The minimum absolute atomic E-state index is 0.165. The van der Waals surface area contributed by atoms with Gasteiger partial charge in [-0.05, 0) is 37.0 Å². The molecule has 0 radical (unpaired) electrons. The summed E-state index contributed by atoms with van der Waals surface area (Å²) < 4.78 is 5.36. The topological polar surface area (TPSA) is 68.0 Å². The van der Waals surface area contributed by atoms with Crippen LogP contribution in [0.25, 0.3) is 10.7 Å². The highest BCUT2D eigenvalue weighted by Gasteiger charge is 2.29. The lowest BCUT2D eigenvalue weighted by Crippen LogP contribution is -2.23. The van der Waals surface area contributed by atoms with E-state index in [4.69, 9.17) is 4.52 Å². The predicted octanol–water partition coefficient (Wildman–Crippen LogP) is 3.61. The Morgan fingerprint density at radius 1 is 1.16 bits per heavy atom. The average Bonchev–Trinajstić information content (AvgIpc) is 3.21. The van der Waals surface area contributed by atoms with Crippen molar-refractivity contribution in [1.82, 2.24) is 15.5 Å². The molecule has 4 rings (SSSR count). The van der Waals surface area contributed by atoms with Crippen LogP contribution in [0.3, 0.4) is 0 Å². The van der Waals surface area contributed by atoms with Gasteiger partial charge in [-0.3, -0.25) is 4.79 Å². The van der Waals surface area contributed by atoms with Crippen molar-refractivity contribution in [1.29, 1.82) is 0 Å². The molecule has 1 aromatic carbocycles. The van der Waals surface area contributed by atoms with Crippen LogP contribution >= 0.6 is 11.3 Å². The molecule has 1 aliphatic carbocycles. The van der Waals surface area contributed by atoms with E-state index in [9.17, 15) is 4.79 Å². The smallest absolute Gasteiger partial charge is 0.227 e. The highest BCUT2D eigenvalue weighted by Crippen LogP contribution is 2.29. The van der Waals surface area contributed by atoms with Crippen molar-refractivity contribution in [3.05, 3.63) is 58.8 Å². The molecule has 0 bridgehead atoms. The number of aromatic nitrogens is 2. The fraction of sp³-hybridized carbons (Fsp3) is 0.316. The van der Waals surface area contributed by atoms with Crippen molar-refractivity contribution in [3.8, 4) is 10.7 Å². The molecular weight excluding hydrogens is 334 g/mol. The van der Waals surface area contributed by atoms with Gasteiger partial charge in [0.05, 0.1) is 11.4 Å². The van der Waals surface area contributed by atoms with Crippen molar-refractivity contribution >= 4 is 17.2 Å². The van der Waals surface area contributed by atoms with Gasteiger partial charge in [-0.1, -0.05) is 35.5 Å². The first-order chi connectivity index (χ1) is 12.3. The van der Waals surface area contributed by atoms with Crippen LogP contribution in [0, 0.1) is 5.92 Å². The van der Waals surface area contributed by atoms with E-state index in [1.54, 1.807) is 11.3 Å². The Kier molecular flexibility index (Phi) is 4.61. The van der Waals surface area contributed by atoms with Gasteiger partial charge >= 0.3 is 0 Å². The third kappa shape index (κ3) is 4.14. The Labute approximate surface area is 150 Å². The number of benzene rings is 1. The normalized spacial score (nSPS) is 13.8. The Bertz CT molecular complexity index is 852. The fourth-order valence-electron chi connectivity index (χ4n) is 2.61. The van der Waals surface area contributed by atoms with Gasteiger partial charge in [-0.2, -0.15) is 4.98 Å². The molecule has 1 fully saturated rings. The molecule has 0 unspecified atom stereocenters. The number of amides is 1. The Balaban J connectivity index is 1.34. The van der Waals surface area contributed by atoms with Crippen molar-refractivity contribution in [3.63, 3.8) is 0 Å². The summed E-state index contributed by atoms with van der Waals surface area (Å²) in [7, 11) is 0. The molecule has 1 N–H and O–H groups in total. The standard InChI is InChI=1S/C19H19N3O2S/c23-19(14-7-8-14)20-12-15-9-10-16(25-15)18-21-17(24-22-18)11-6-13-4-2-1-3-5-13/h1-5,9-10,14H,6-8,11-12H2,(H,20,23). The van der Waals surface area contributed by atoms with Gasteiger partial charge in [-0.15, -0.1) is 11.3 Å². The van der Waals surface area contributed by atoms with Gasteiger partial charge in [0.25, 0.3) is 0 Å². The van der Waals surface area contributed by atoms with Gasteiger partial charge in [0.2, 0.25) is 17.6 Å². The number of aryl methyl sites for hydroxylation is 2. The first-order valence-corrected chi connectivity index (χ1v) is 9.33. The van der Waals surface area contributed by atoms with Crippen LogP contribution in [0.1, 0.15) is 29.2 Å². The summed E-state index contributed by atoms with van der Waals surface area (Å²) in [5, 5.41) is 7.06. The van der Waals surface area contributed by atoms with E-state index in [-0.39, 0.29) is 11.8 Å². The molecule has 2 heterocycles. The van der Waals surface area contributed by atoms with Gasteiger partial charge in [0.1, 0.15) is 0 Å². The zero-order valence-corrected chi connectivity index (χ0v) is 14.6. The number of thiophene rings is 1. The molecule has 1 saturated carbocycles. The number of hydrogen-bond acceptors (Lipinski definition) is 5. The molecule has 2 aromatic heterocycles. The first kappa shape index (κ1) is 16.0. The lowest BCUT2D eigenvalue weighted by molar-refractivity contribution is -0.122. The van der Waals surface area contributed by atoms with Crippen LogP contribution < -0.4 is 5.32 Å². The van der Waals surface area contributed by atoms with Crippen LogP contribution in [0.4, 0.5) is 0 Å². The molecule has 1 amide bonds. The largest absolute Gasteiger partial charge is 0.351 e. The Hall–Kier alpha value is -2.47. The van der Waals surface area contributed by atoms with E-state index in [1.165, 1.54) is 5.56 Å². The van der Waals surface area contributed by atoms with Crippen LogP contribution in [0.15, 0.2) is 47.0 Å².